The number of rotatable bonds is 7. The van der Waals surface area contributed by atoms with Gasteiger partial charge >= 0.3 is 0 Å². The molecule has 0 aliphatic rings. The molecule has 0 amide bonds. The van der Waals surface area contributed by atoms with E-state index in [1.54, 1.807) is 23.6 Å². The number of halogens is 1. The van der Waals surface area contributed by atoms with Gasteiger partial charge in [0.05, 0.1) is 7.11 Å². The Kier molecular flexibility index (Phi) is 5.71. The van der Waals surface area contributed by atoms with Crippen LogP contribution in [0.15, 0.2) is 57.4 Å². The van der Waals surface area contributed by atoms with Crippen molar-refractivity contribution in [1.82, 2.24) is 4.72 Å². The molecule has 26 heavy (non-hydrogen) atoms. The van der Waals surface area contributed by atoms with Crippen LogP contribution in [0.1, 0.15) is 10.4 Å². The van der Waals surface area contributed by atoms with E-state index >= 15 is 0 Å². The molecule has 2 heterocycles. The minimum atomic E-state index is -3.95. The Hall–Kier alpha value is -1.42. The number of hydrogen-bond acceptors (Lipinski definition) is 6. The highest BCUT2D eigenvalue weighted by atomic mass is 35.5. The molecule has 2 N–H and O–H groups in total. The fourth-order valence-corrected chi connectivity index (χ4v) is 5.54. The second-order valence-corrected chi connectivity index (χ2v) is 9.37. The average Bonchev–Trinajstić information content (AvgIpc) is 3.33. The van der Waals surface area contributed by atoms with Crippen LogP contribution in [0.3, 0.4) is 0 Å². The smallest absolute Gasteiger partial charge is 0.244 e. The Labute approximate surface area is 164 Å². The summed E-state index contributed by atoms with van der Waals surface area (Å²) in [6.07, 6.45) is 0. The summed E-state index contributed by atoms with van der Waals surface area (Å²) in [6.45, 7) is -0.220. The first-order valence-corrected chi connectivity index (χ1v) is 11.2. The molecule has 0 fully saturated rings. The predicted molar refractivity (Wildman–Crippen MR) is 105 cm³/mol. The fraction of sp³-hybridized carbons (Fsp3) is 0.176. The first kappa shape index (κ1) is 19.3. The lowest BCUT2D eigenvalue weighted by atomic mass is 9.95. The minimum absolute atomic E-state index is 0.0775. The molecule has 1 unspecified atom stereocenters. The number of sulfonamides is 1. The number of nitrogens with one attached hydrogen (secondary N) is 1. The third-order valence-electron chi connectivity index (χ3n) is 3.86. The Bertz CT molecular complexity index is 935. The Balaban J connectivity index is 1.94. The zero-order valence-electron chi connectivity index (χ0n) is 13.7. The Morgan fingerprint density at radius 3 is 2.69 bits per heavy atom. The van der Waals surface area contributed by atoms with E-state index in [1.807, 2.05) is 16.8 Å². The number of ether oxygens (including phenoxy) is 1. The monoisotopic (exact) mass is 429 g/mol. The molecule has 1 aromatic carbocycles. The van der Waals surface area contributed by atoms with Crippen LogP contribution < -0.4 is 9.46 Å². The van der Waals surface area contributed by atoms with Crippen molar-refractivity contribution in [1.29, 1.82) is 0 Å². The first-order valence-electron chi connectivity index (χ1n) is 7.49. The topological polar surface area (TPSA) is 75.6 Å². The van der Waals surface area contributed by atoms with Crippen LogP contribution >= 0.6 is 34.3 Å². The summed E-state index contributed by atoms with van der Waals surface area (Å²) < 4.78 is 33.2. The van der Waals surface area contributed by atoms with Gasteiger partial charge in [-0.15, -0.1) is 11.3 Å². The molecule has 0 bridgehead atoms. The van der Waals surface area contributed by atoms with Crippen LogP contribution in [0.5, 0.6) is 5.75 Å². The molecule has 0 aliphatic heterocycles. The van der Waals surface area contributed by atoms with Gasteiger partial charge in [0.1, 0.15) is 16.2 Å². The Morgan fingerprint density at radius 2 is 2.08 bits per heavy atom. The van der Waals surface area contributed by atoms with Gasteiger partial charge in [-0.2, -0.15) is 11.3 Å². The molecule has 0 saturated heterocycles. The summed E-state index contributed by atoms with van der Waals surface area (Å²) in [5.41, 5.74) is -0.835. The summed E-state index contributed by atoms with van der Waals surface area (Å²) >= 11 is 8.73. The summed E-state index contributed by atoms with van der Waals surface area (Å²) in [5.74, 6) is 0.178. The fourth-order valence-electron chi connectivity index (χ4n) is 2.48. The summed E-state index contributed by atoms with van der Waals surface area (Å²) in [4.78, 5) is 0.572. The molecule has 5 nitrogen and oxygen atoms in total. The number of methoxy groups -OCH3 is 1. The van der Waals surface area contributed by atoms with Crippen molar-refractivity contribution in [3.63, 3.8) is 0 Å². The Morgan fingerprint density at radius 1 is 1.27 bits per heavy atom. The maximum atomic E-state index is 12.8. The molecule has 0 aliphatic carbocycles. The van der Waals surface area contributed by atoms with Gasteiger partial charge in [0.15, 0.2) is 0 Å². The van der Waals surface area contributed by atoms with E-state index in [0.717, 1.165) is 0 Å². The molecular formula is C17H16ClNO4S3. The molecular weight excluding hydrogens is 414 g/mol. The number of aliphatic hydroxyl groups is 1. The zero-order chi connectivity index (χ0) is 18.8. The standard InChI is InChI=1S/C17H16ClNO4S3/c1-23-14-5-4-13(18)9-15(14)26(21,22)19-11-17(20,12-6-8-24-10-12)16-3-2-7-25-16/h2-10,19-20H,11H2,1H3. The van der Waals surface area contributed by atoms with Gasteiger partial charge in [-0.05, 0) is 46.5 Å². The van der Waals surface area contributed by atoms with E-state index in [9.17, 15) is 13.5 Å². The summed E-state index contributed by atoms with van der Waals surface area (Å²) in [5, 5.41) is 17.0. The average molecular weight is 430 g/mol. The van der Waals surface area contributed by atoms with E-state index < -0.39 is 15.6 Å². The van der Waals surface area contributed by atoms with Gasteiger partial charge in [-0.3, -0.25) is 0 Å². The third-order valence-corrected chi connectivity index (χ3v) is 7.22. The van der Waals surface area contributed by atoms with Gasteiger partial charge in [0.25, 0.3) is 0 Å². The van der Waals surface area contributed by atoms with E-state index in [2.05, 4.69) is 4.72 Å². The lowest BCUT2D eigenvalue weighted by Gasteiger charge is -2.27. The van der Waals surface area contributed by atoms with Crippen LogP contribution in [0.25, 0.3) is 0 Å². The highest BCUT2D eigenvalue weighted by molar-refractivity contribution is 7.89. The zero-order valence-corrected chi connectivity index (χ0v) is 16.9. The number of benzene rings is 1. The molecule has 2 aromatic heterocycles. The number of hydrogen-bond donors (Lipinski definition) is 2. The largest absolute Gasteiger partial charge is 0.495 e. The number of thiophene rings is 2. The SMILES string of the molecule is COc1ccc(Cl)cc1S(=O)(=O)NCC(O)(c1ccsc1)c1cccs1. The highest BCUT2D eigenvalue weighted by Crippen LogP contribution is 2.34. The maximum Gasteiger partial charge on any atom is 0.244 e. The van der Waals surface area contributed by atoms with Gasteiger partial charge in [0, 0.05) is 22.0 Å². The first-order chi connectivity index (χ1) is 12.4. The van der Waals surface area contributed by atoms with Crippen molar-refractivity contribution in [2.75, 3.05) is 13.7 Å². The lowest BCUT2D eigenvalue weighted by Crippen LogP contribution is -2.41. The van der Waals surface area contributed by atoms with Crippen molar-refractivity contribution < 1.29 is 18.3 Å². The quantitative estimate of drug-likeness (QED) is 0.600. The van der Waals surface area contributed by atoms with Crippen molar-refractivity contribution in [3.05, 3.63) is 68.0 Å². The molecule has 0 radical (unpaired) electrons. The normalized spacial score (nSPS) is 14.1. The minimum Gasteiger partial charge on any atom is -0.495 e. The molecule has 1 atom stereocenters. The third kappa shape index (κ3) is 3.80. The molecule has 9 heteroatoms. The van der Waals surface area contributed by atoms with Crippen molar-refractivity contribution >= 4 is 44.3 Å². The van der Waals surface area contributed by atoms with Crippen LogP contribution in [-0.2, 0) is 15.6 Å². The van der Waals surface area contributed by atoms with Crippen LogP contribution in [-0.4, -0.2) is 27.2 Å². The van der Waals surface area contributed by atoms with E-state index in [1.165, 1.54) is 41.9 Å². The van der Waals surface area contributed by atoms with Crippen molar-refractivity contribution in [2.45, 2.75) is 10.5 Å². The molecule has 3 aromatic rings. The maximum absolute atomic E-state index is 12.8. The van der Waals surface area contributed by atoms with E-state index in [0.29, 0.717) is 10.4 Å². The van der Waals surface area contributed by atoms with Crippen LogP contribution in [0.2, 0.25) is 5.02 Å². The van der Waals surface area contributed by atoms with Crippen LogP contribution in [0.4, 0.5) is 0 Å². The molecule has 3 rings (SSSR count). The highest BCUT2D eigenvalue weighted by Gasteiger charge is 2.35. The molecule has 0 spiro atoms. The van der Waals surface area contributed by atoms with Gasteiger partial charge < -0.3 is 9.84 Å². The molecule has 0 saturated carbocycles. The molecule has 138 valence electrons. The lowest BCUT2D eigenvalue weighted by molar-refractivity contribution is 0.0903. The second kappa shape index (κ2) is 7.67. The van der Waals surface area contributed by atoms with Gasteiger partial charge in [-0.1, -0.05) is 17.7 Å². The summed E-state index contributed by atoms with van der Waals surface area (Å²) in [7, 11) is -2.57. The van der Waals surface area contributed by atoms with E-state index in [-0.39, 0.29) is 22.2 Å². The van der Waals surface area contributed by atoms with E-state index in [4.69, 9.17) is 16.3 Å². The van der Waals surface area contributed by atoms with Gasteiger partial charge in [-0.25, -0.2) is 13.1 Å². The van der Waals surface area contributed by atoms with Crippen LogP contribution in [0, 0.1) is 0 Å². The predicted octanol–water partition coefficient (Wildman–Crippen LogP) is 3.69. The second-order valence-electron chi connectivity index (χ2n) is 5.47. The summed E-state index contributed by atoms with van der Waals surface area (Å²) in [6, 6.07) is 9.71. The van der Waals surface area contributed by atoms with Crippen molar-refractivity contribution in [3.8, 4) is 5.75 Å². The van der Waals surface area contributed by atoms with Crippen molar-refractivity contribution in [2.24, 2.45) is 0 Å². The van der Waals surface area contributed by atoms with Gasteiger partial charge in [0.2, 0.25) is 10.0 Å².